The summed E-state index contributed by atoms with van der Waals surface area (Å²) in [6, 6.07) is 12.5. The molecule has 5 heteroatoms. The summed E-state index contributed by atoms with van der Waals surface area (Å²) in [5.74, 6) is 2.48. The number of nitrogens with one attached hydrogen (secondary N) is 2. The summed E-state index contributed by atoms with van der Waals surface area (Å²) in [6.07, 6.45) is 4.35. The number of nitrogens with zero attached hydrogens (tertiary/aromatic N) is 2. The predicted molar refractivity (Wildman–Crippen MR) is 106 cm³/mol. The minimum atomic E-state index is 0.625. The Morgan fingerprint density at radius 2 is 1.96 bits per heavy atom. The van der Waals surface area contributed by atoms with Gasteiger partial charge in [-0.15, -0.1) is 0 Å². The largest absolute Gasteiger partial charge is 0.467 e. The molecule has 1 saturated heterocycles. The third kappa shape index (κ3) is 5.36. The van der Waals surface area contributed by atoms with E-state index in [1.807, 2.05) is 12.1 Å². The maximum Gasteiger partial charge on any atom is 0.191 e. The first-order chi connectivity index (χ1) is 12.7. The zero-order valence-corrected chi connectivity index (χ0v) is 15.9. The summed E-state index contributed by atoms with van der Waals surface area (Å²) in [4.78, 5) is 6.88. The highest BCUT2D eigenvalue weighted by Crippen LogP contribution is 2.19. The molecule has 0 aliphatic carbocycles. The lowest BCUT2D eigenvalue weighted by atomic mass is 9.99. The number of benzene rings is 1. The minimum Gasteiger partial charge on any atom is -0.467 e. The van der Waals surface area contributed by atoms with Crippen LogP contribution in [0, 0.1) is 5.92 Å². The van der Waals surface area contributed by atoms with E-state index in [1.165, 1.54) is 37.1 Å². The van der Waals surface area contributed by atoms with Gasteiger partial charge in [-0.3, -0.25) is 9.89 Å². The third-order valence-corrected chi connectivity index (χ3v) is 4.93. The van der Waals surface area contributed by atoms with Crippen molar-refractivity contribution in [2.75, 3.05) is 20.1 Å². The maximum absolute atomic E-state index is 5.35. The first kappa shape index (κ1) is 18.5. The van der Waals surface area contributed by atoms with Crippen LogP contribution in [0.25, 0.3) is 0 Å². The molecule has 1 unspecified atom stereocenters. The van der Waals surface area contributed by atoms with Crippen LogP contribution >= 0.6 is 0 Å². The fourth-order valence-electron chi connectivity index (χ4n) is 3.54. The molecule has 2 aromatic rings. The number of likely N-dealkylation sites (tertiary alicyclic amines) is 1. The second kappa shape index (κ2) is 9.43. The Bertz CT molecular complexity index is 696. The van der Waals surface area contributed by atoms with E-state index in [0.717, 1.165) is 30.7 Å². The lowest BCUT2D eigenvalue weighted by Crippen LogP contribution is -2.37. The maximum atomic E-state index is 5.35. The molecule has 26 heavy (non-hydrogen) atoms. The molecule has 1 aliphatic rings. The predicted octanol–water partition coefficient (Wildman–Crippen LogP) is 3.38. The van der Waals surface area contributed by atoms with Gasteiger partial charge < -0.3 is 15.1 Å². The van der Waals surface area contributed by atoms with Crippen LogP contribution in [0.3, 0.4) is 0 Å². The molecule has 0 spiro atoms. The smallest absolute Gasteiger partial charge is 0.191 e. The van der Waals surface area contributed by atoms with Gasteiger partial charge in [0.15, 0.2) is 5.96 Å². The Labute approximate surface area is 156 Å². The lowest BCUT2D eigenvalue weighted by molar-refractivity contribution is 0.176. The molecule has 0 bridgehead atoms. The summed E-state index contributed by atoms with van der Waals surface area (Å²) in [5.41, 5.74) is 2.72. The highest BCUT2D eigenvalue weighted by atomic mass is 16.3. The van der Waals surface area contributed by atoms with Gasteiger partial charge in [0.25, 0.3) is 0 Å². The van der Waals surface area contributed by atoms with Gasteiger partial charge in [0.1, 0.15) is 5.76 Å². The van der Waals surface area contributed by atoms with E-state index in [2.05, 4.69) is 51.7 Å². The van der Waals surface area contributed by atoms with E-state index in [0.29, 0.717) is 6.54 Å². The van der Waals surface area contributed by atoms with Crippen molar-refractivity contribution in [2.45, 2.75) is 39.4 Å². The highest BCUT2D eigenvalue weighted by Gasteiger charge is 2.17. The lowest BCUT2D eigenvalue weighted by Gasteiger charge is -2.31. The molecule has 2 heterocycles. The van der Waals surface area contributed by atoms with Crippen molar-refractivity contribution in [1.29, 1.82) is 0 Å². The van der Waals surface area contributed by atoms with Crippen molar-refractivity contribution >= 4 is 5.96 Å². The van der Waals surface area contributed by atoms with Crippen LogP contribution < -0.4 is 10.6 Å². The second-order valence-electron chi connectivity index (χ2n) is 7.11. The molecular weight excluding hydrogens is 324 g/mol. The molecule has 2 N–H and O–H groups in total. The number of hydrogen-bond donors (Lipinski definition) is 2. The summed E-state index contributed by atoms with van der Waals surface area (Å²) >= 11 is 0. The molecule has 0 radical (unpaired) electrons. The quantitative estimate of drug-likeness (QED) is 0.617. The van der Waals surface area contributed by atoms with Gasteiger partial charge in [-0.25, -0.2) is 0 Å². The standard InChI is InChI=1S/C21H30N4O/c1-17-7-5-11-25(15-17)16-19-9-4-3-8-18(19)13-23-21(22-2)24-14-20-10-6-12-26-20/h3-4,6,8-10,12,17H,5,7,11,13-16H2,1-2H3,(H2,22,23,24). The second-order valence-corrected chi connectivity index (χ2v) is 7.11. The van der Waals surface area contributed by atoms with Crippen molar-refractivity contribution in [3.05, 3.63) is 59.5 Å². The van der Waals surface area contributed by atoms with Crippen molar-refractivity contribution in [3.63, 3.8) is 0 Å². The first-order valence-corrected chi connectivity index (χ1v) is 9.50. The van der Waals surface area contributed by atoms with E-state index in [-0.39, 0.29) is 0 Å². The Morgan fingerprint density at radius 3 is 2.69 bits per heavy atom. The average Bonchev–Trinajstić information content (AvgIpc) is 3.17. The summed E-state index contributed by atoms with van der Waals surface area (Å²) in [7, 11) is 1.79. The first-order valence-electron chi connectivity index (χ1n) is 9.50. The molecule has 0 saturated carbocycles. The van der Waals surface area contributed by atoms with E-state index in [4.69, 9.17) is 4.42 Å². The van der Waals surface area contributed by atoms with Crippen molar-refractivity contribution in [2.24, 2.45) is 10.9 Å². The van der Waals surface area contributed by atoms with Crippen molar-refractivity contribution in [3.8, 4) is 0 Å². The number of piperidine rings is 1. The fraction of sp³-hybridized carbons (Fsp3) is 0.476. The molecule has 3 rings (SSSR count). The number of guanidine groups is 1. The molecule has 1 aliphatic heterocycles. The van der Waals surface area contributed by atoms with Gasteiger partial charge in [-0.1, -0.05) is 31.2 Å². The molecule has 1 aromatic heterocycles. The Morgan fingerprint density at radius 1 is 1.15 bits per heavy atom. The topological polar surface area (TPSA) is 52.8 Å². The molecule has 1 atom stereocenters. The van der Waals surface area contributed by atoms with Gasteiger partial charge in [0.2, 0.25) is 0 Å². The third-order valence-electron chi connectivity index (χ3n) is 4.93. The Hall–Kier alpha value is -2.27. The van der Waals surface area contributed by atoms with E-state index in [1.54, 1.807) is 13.3 Å². The van der Waals surface area contributed by atoms with E-state index < -0.39 is 0 Å². The summed E-state index contributed by atoms with van der Waals surface area (Å²) < 4.78 is 5.35. The summed E-state index contributed by atoms with van der Waals surface area (Å²) in [5, 5.41) is 6.70. The van der Waals surface area contributed by atoms with Crippen LogP contribution in [0.4, 0.5) is 0 Å². The molecule has 5 nitrogen and oxygen atoms in total. The fourth-order valence-corrected chi connectivity index (χ4v) is 3.54. The minimum absolute atomic E-state index is 0.625. The SMILES string of the molecule is CN=C(NCc1ccco1)NCc1ccccc1CN1CCCC(C)C1. The number of hydrogen-bond acceptors (Lipinski definition) is 3. The van der Waals surface area contributed by atoms with Gasteiger partial charge in [0, 0.05) is 26.7 Å². The van der Waals surface area contributed by atoms with Crippen LogP contribution in [0.1, 0.15) is 36.7 Å². The van der Waals surface area contributed by atoms with Gasteiger partial charge >= 0.3 is 0 Å². The normalized spacial score (nSPS) is 18.7. The van der Waals surface area contributed by atoms with Crippen LogP contribution in [0.5, 0.6) is 0 Å². The highest BCUT2D eigenvalue weighted by molar-refractivity contribution is 5.79. The molecule has 0 amide bonds. The van der Waals surface area contributed by atoms with E-state index >= 15 is 0 Å². The molecule has 1 aromatic carbocycles. The van der Waals surface area contributed by atoms with Gasteiger partial charge in [0.05, 0.1) is 12.8 Å². The Balaban J connectivity index is 1.55. The van der Waals surface area contributed by atoms with Crippen LogP contribution in [-0.4, -0.2) is 31.0 Å². The number of furan rings is 1. The number of rotatable bonds is 6. The number of aliphatic imine (C=N–C) groups is 1. The van der Waals surface area contributed by atoms with Crippen molar-refractivity contribution in [1.82, 2.24) is 15.5 Å². The van der Waals surface area contributed by atoms with E-state index in [9.17, 15) is 0 Å². The van der Waals surface area contributed by atoms with Gasteiger partial charge in [-0.05, 0) is 48.6 Å². The zero-order valence-electron chi connectivity index (χ0n) is 15.9. The zero-order chi connectivity index (χ0) is 18.2. The summed E-state index contributed by atoms with van der Waals surface area (Å²) in [6.45, 7) is 7.18. The molecule has 140 valence electrons. The molecule has 1 fully saturated rings. The van der Waals surface area contributed by atoms with Crippen molar-refractivity contribution < 1.29 is 4.42 Å². The van der Waals surface area contributed by atoms with Gasteiger partial charge in [-0.2, -0.15) is 0 Å². The van der Waals surface area contributed by atoms with Crippen LogP contribution in [0.2, 0.25) is 0 Å². The Kier molecular flexibility index (Phi) is 6.72. The monoisotopic (exact) mass is 354 g/mol. The average molecular weight is 354 g/mol. The molecular formula is C21H30N4O. The van der Waals surface area contributed by atoms with Crippen LogP contribution in [-0.2, 0) is 19.6 Å². The van der Waals surface area contributed by atoms with Crippen LogP contribution in [0.15, 0.2) is 52.1 Å².